The number of aryl methyl sites for hydroxylation is 2. The molecule has 39 heavy (non-hydrogen) atoms. The summed E-state index contributed by atoms with van der Waals surface area (Å²) in [5, 5.41) is 5.80. The van der Waals surface area contributed by atoms with Crippen LogP contribution in [-0.2, 0) is 18.4 Å². The van der Waals surface area contributed by atoms with Crippen molar-refractivity contribution in [3.63, 3.8) is 0 Å². The van der Waals surface area contributed by atoms with Crippen molar-refractivity contribution in [3.8, 4) is 0 Å². The number of amides is 1. The Morgan fingerprint density at radius 1 is 1.23 bits per heavy atom. The molecular formula is C25H31ClF2N8O3. The Morgan fingerprint density at radius 3 is 2.67 bits per heavy atom. The number of piperidine rings is 1. The Balaban J connectivity index is 1.68. The number of nitrogens with two attached hydrogens (primary N) is 1. The molecule has 0 saturated carbocycles. The average molecular weight is 565 g/mol. The number of rotatable bonds is 8. The van der Waals surface area contributed by atoms with Gasteiger partial charge in [0.2, 0.25) is 11.9 Å². The molecule has 11 nitrogen and oxygen atoms in total. The van der Waals surface area contributed by atoms with Gasteiger partial charge >= 0.3 is 11.1 Å². The molecule has 1 saturated heterocycles. The van der Waals surface area contributed by atoms with Crippen molar-refractivity contribution in [1.29, 1.82) is 0 Å². The van der Waals surface area contributed by atoms with Crippen LogP contribution in [0.4, 0.5) is 26.2 Å². The maximum Gasteiger partial charge on any atom is 0.316 e. The SMILES string of the molecule is CNC(=O)CCn1c(=O)c(=O)n(C)c2ccc(Nc3nc(N4CC(C)C(F)(F)C(CCN)C4)ncc3Cl)cc21. The van der Waals surface area contributed by atoms with Gasteiger partial charge in [0, 0.05) is 57.7 Å². The highest BCUT2D eigenvalue weighted by Crippen LogP contribution is 2.40. The van der Waals surface area contributed by atoms with E-state index in [1.165, 1.54) is 36.4 Å². The van der Waals surface area contributed by atoms with E-state index in [0.29, 0.717) is 16.7 Å². The van der Waals surface area contributed by atoms with Crippen molar-refractivity contribution >= 4 is 46.0 Å². The standard InChI is InChI=1S/C25H31ClF2N8O3/c1-14-12-35(13-15(6-8-29)25(14,27)28)24-31-11-17(26)21(33-24)32-16-4-5-18-19(10-16)36(9-7-20(37)30-2)23(39)22(38)34(18)3/h4-5,10-11,14-15H,6-9,12-13,29H2,1-3H3,(H,30,37)(H,31,32,33). The van der Waals surface area contributed by atoms with Crippen molar-refractivity contribution in [1.82, 2.24) is 24.4 Å². The first kappa shape index (κ1) is 28.4. The number of benzene rings is 1. The second-order valence-corrected chi connectivity index (χ2v) is 10.1. The molecule has 2 atom stereocenters. The molecule has 2 unspecified atom stereocenters. The summed E-state index contributed by atoms with van der Waals surface area (Å²) in [6, 6.07) is 5.00. The topological polar surface area (TPSA) is 140 Å². The van der Waals surface area contributed by atoms with Crippen LogP contribution in [0.3, 0.4) is 0 Å². The van der Waals surface area contributed by atoms with Crippen molar-refractivity contribution in [2.45, 2.75) is 32.2 Å². The maximum atomic E-state index is 14.7. The lowest BCUT2D eigenvalue weighted by atomic mass is 9.84. The first-order chi connectivity index (χ1) is 18.5. The minimum atomic E-state index is -2.85. The molecule has 14 heteroatoms. The van der Waals surface area contributed by atoms with Crippen molar-refractivity contribution in [2.75, 3.05) is 36.9 Å². The number of carbonyl (C=O) groups excluding carboxylic acids is 1. The van der Waals surface area contributed by atoms with Crippen LogP contribution in [0.5, 0.6) is 0 Å². The Bertz CT molecular complexity index is 1510. The molecule has 210 valence electrons. The van der Waals surface area contributed by atoms with Crippen LogP contribution in [0.15, 0.2) is 34.0 Å². The fraction of sp³-hybridized carbons (Fsp3) is 0.480. The predicted molar refractivity (Wildman–Crippen MR) is 146 cm³/mol. The Labute approximate surface area is 228 Å². The third-order valence-electron chi connectivity index (χ3n) is 7.13. The van der Waals surface area contributed by atoms with Crippen LogP contribution in [0, 0.1) is 11.8 Å². The molecular weight excluding hydrogens is 534 g/mol. The quantitative estimate of drug-likeness (QED) is 0.353. The minimum absolute atomic E-state index is 0.00863. The third kappa shape index (κ3) is 5.59. The molecule has 2 aromatic heterocycles. The number of nitrogens with one attached hydrogen (secondary N) is 2. The van der Waals surface area contributed by atoms with E-state index >= 15 is 0 Å². The van der Waals surface area contributed by atoms with E-state index in [9.17, 15) is 23.2 Å². The lowest BCUT2D eigenvalue weighted by Crippen LogP contribution is -2.53. The minimum Gasteiger partial charge on any atom is -0.359 e. The second kappa shape index (κ2) is 11.3. The summed E-state index contributed by atoms with van der Waals surface area (Å²) >= 11 is 6.37. The molecule has 4 rings (SSSR count). The van der Waals surface area contributed by atoms with Crippen LogP contribution >= 0.6 is 11.6 Å². The normalized spacial score (nSPS) is 18.8. The van der Waals surface area contributed by atoms with Crippen molar-refractivity contribution in [3.05, 3.63) is 50.1 Å². The highest BCUT2D eigenvalue weighted by atomic mass is 35.5. The highest BCUT2D eigenvalue weighted by molar-refractivity contribution is 6.32. The van der Waals surface area contributed by atoms with E-state index in [1.54, 1.807) is 23.1 Å². The number of aromatic nitrogens is 4. The van der Waals surface area contributed by atoms with Crippen LogP contribution in [0.25, 0.3) is 11.0 Å². The number of hydrogen-bond acceptors (Lipinski definition) is 8. The van der Waals surface area contributed by atoms with E-state index < -0.39 is 28.9 Å². The molecule has 0 aliphatic carbocycles. The second-order valence-electron chi connectivity index (χ2n) is 9.69. The smallest absolute Gasteiger partial charge is 0.316 e. The van der Waals surface area contributed by atoms with Crippen LogP contribution < -0.4 is 32.4 Å². The number of fused-ring (bicyclic) bond motifs is 1. The molecule has 4 N–H and O–H groups in total. The van der Waals surface area contributed by atoms with Gasteiger partial charge in [0.15, 0.2) is 5.82 Å². The zero-order chi connectivity index (χ0) is 28.5. The number of alkyl halides is 2. The fourth-order valence-electron chi connectivity index (χ4n) is 4.84. The molecule has 1 aromatic carbocycles. The van der Waals surface area contributed by atoms with Gasteiger partial charge in [-0.3, -0.25) is 14.4 Å². The average Bonchev–Trinajstić information content (AvgIpc) is 2.91. The maximum absolute atomic E-state index is 14.7. The molecule has 1 aliphatic rings. The Morgan fingerprint density at radius 2 is 1.97 bits per heavy atom. The molecule has 0 radical (unpaired) electrons. The van der Waals surface area contributed by atoms with Crippen LogP contribution in [0.1, 0.15) is 19.8 Å². The van der Waals surface area contributed by atoms with E-state index in [0.717, 1.165) is 0 Å². The summed E-state index contributed by atoms with van der Waals surface area (Å²) in [7, 11) is 2.99. The largest absolute Gasteiger partial charge is 0.359 e. The summed E-state index contributed by atoms with van der Waals surface area (Å²) in [5.74, 6) is -4.48. The van der Waals surface area contributed by atoms with E-state index in [1.807, 2.05) is 0 Å². The van der Waals surface area contributed by atoms with Crippen LogP contribution in [0.2, 0.25) is 5.02 Å². The first-order valence-corrected chi connectivity index (χ1v) is 12.9. The van der Waals surface area contributed by atoms with E-state index in [4.69, 9.17) is 17.3 Å². The van der Waals surface area contributed by atoms with Gasteiger partial charge in [-0.25, -0.2) is 13.8 Å². The third-order valence-corrected chi connectivity index (χ3v) is 7.41. The summed E-state index contributed by atoms with van der Waals surface area (Å²) < 4.78 is 31.9. The molecule has 3 aromatic rings. The van der Waals surface area contributed by atoms with Crippen LogP contribution in [-0.4, -0.2) is 57.6 Å². The number of anilines is 3. The summed E-state index contributed by atoms with van der Waals surface area (Å²) in [5.41, 5.74) is 5.54. The Hall–Kier alpha value is -3.58. The molecule has 1 aliphatic heterocycles. The number of nitrogens with zero attached hydrogens (tertiary/aromatic N) is 5. The van der Waals surface area contributed by atoms with Gasteiger partial charge in [-0.15, -0.1) is 0 Å². The van der Waals surface area contributed by atoms with E-state index in [2.05, 4.69) is 20.6 Å². The van der Waals surface area contributed by atoms with Gasteiger partial charge in [0.1, 0.15) is 5.02 Å². The summed E-state index contributed by atoms with van der Waals surface area (Å²) in [6.07, 6.45) is 1.58. The molecule has 1 amide bonds. The first-order valence-electron chi connectivity index (χ1n) is 12.5. The number of halogens is 3. The molecule has 3 heterocycles. The number of carbonyl (C=O) groups is 1. The van der Waals surface area contributed by atoms with Crippen molar-refractivity contribution < 1.29 is 13.6 Å². The summed E-state index contributed by atoms with van der Waals surface area (Å²) in [6.45, 7) is 1.77. The summed E-state index contributed by atoms with van der Waals surface area (Å²) in [4.78, 5) is 47.5. The van der Waals surface area contributed by atoms with Gasteiger partial charge < -0.3 is 30.4 Å². The van der Waals surface area contributed by atoms with Gasteiger partial charge in [0.05, 0.1) is 17.2 Å². The van der Waals surface area contributed by atoms with Gasteiger partial charge in [-0.05, 0) is 31.2 Å². The van der Waals surface area contributed by atoms with Crippen molar-refractivity contribution in [2.24, 2.45) is 24.6 Å². The van der Waals surface area contributed by atoms with Gasteiger partial charge in [-0.1, -0.05) is 18.5 Å². The molecule has 0 spiro atoms. The molecule has 0 bridgehead atoms. The lowest BCUT2D eigenvalue weighted by Gasteiger charge is -2.42. The monoisotopic (exact) mass is 564 g/mol. The zero-order valence-corrected chi connectivity index (χ0v) is 22.6. The van der Waals surface area contributed by atoms with E-state index in [-0.39, 0.29) is 61.7 Å². The zero-order valence-electron chi connectivity index (χ0n) is 21.9. The lowest BCUT2D eigenvalue weighted by molar-refractivity contribution is -0.120. The fourth-order valence-corrected chi connectivity index (χ4v) is 4.98. The van der Waals surface area contributed by atoms with Gasteiger partial charge in [0.25, 0.3) is 5.92 Å². The number of hydrogen-bond donors (Lipinski definition) is 3. The van der Waals surface area contributed by atoms with Gasteiger partial charge in [-0.2, -0.15) is 4.98 Å². The highest BCUT2D eigenvalue weighted by Gasteiger charge is 2.49. The molecule has 1 fully saturated rings. The Kier molecular flexibility index (Phi) is 8.21. The predicted octanol–water partition coefficient (Wildman–Crippen LogP) is 2.08.